The van der Waals surface area contributed by atoms with Crippen molar-refractivity contribution in [1.82, 2.24) is 14.5 Å². The summed E-state index contributed by atoms with van der Waals surface area (Å²) >= 11 is 0. The molecule has 7 rings (SSSR count). The lowest BCUT2D eigenvalue weighted by Crippen LogP contribution is -2.38. The van der Waals surface area contributed by atoms with Crippen LogP contribution in [0.1, 0.15) is 16.7 Å². The number of para-hydroxylation sites is 1. The highest BCUT2D eigenvalue weighted by Crippen LogP contribution is 2.35. The molecule has 0 saturated heterocycles. The first kappa shape index (κ1) is 28.9. The number of aryl methyl sites for hydroxylation is 3. The van der Waals surface area contributed by atoms with Gasteiger partial charge in [0.05, 0.1) is 24.5 Å². The molecule has 0 aliphatic rings. The third kappa shape index (κ3) is 5.17. The van der Waals surface area contributed by atoms with E-state index in [1.54, 1.807) is 0 Å². The molecule has 0 fully saturated rings. The number of hydrogen-bond acceptors (Lipinski definition) is 2. The molecule has 0 saturated carbocycles. The molecule has 0 radical (unpaired) electrons. The standard InChI is InChI=1S/C40H39N4Si/c1-26-20-27(2)28(3)35(21-26)38-22-39-36(25-43(38)4)34-10-8-9-11-37(34)44(39)32-18-16-30(17-19-32)29-12-14-31(15-13-29)40-41-23-33(24-42-40)45(5,6)7/h8-25H,1-7H3/q+1. The monoisotopic (exact) mass is 603 g/mol. The van der Waals surface area contributed by atoms with Gasteiger partial charge in [-0.1, -0.05) is 85.9 Å². The molecule has 222 valence electrons. The maximum Gasteiger partial charge on any atom is 0.214 e. The van der Waals surface area contributed by atoms with E-state index < -0.39 is 8.07 Å². The van der Waals surface area contributed by atoms with E-state index in [-0.39, 0.29) is 0 Å². The average molecular weight is 604 g/mol. The number of pyridine rings is 1. The van der Waals surface area contributed by atoms with Crippen molar-refractivity contribution in [3.05, 3.63) is 126 Å². The first-order valence-electron chi connectivity index (χ1n) is 15.6. The van der Waals surface area contributed by atoms with Gasteiger partial charge in [-0.2, -0.15) is 0 Å². The second kappa shape index (κ2) is 10.9. The minimum Gasteiger partial charge on any atom is -0.309 e. The normalized spacial score (nSPS) is 11.9. The van der Waals surface area contributed by atoms with Crippen molar-refractivity contribution in [1.29, 1.82) is 0 Å². The molecule has 7 aromatic rings. The molecular weight excluding hydrogens is 565 g/mol. The van der Waals surface area contributed by atoms with Crippen LogP contribution in [0.25, 0.3) is 61.3 Å². The molecular formula is C40H39N4Si+. The van der Waals surface area contributed by atoms with Crippen LogP contribution in [0, 0.1) is 20.8 Å². The molecule has 5 heteroatoms. The molecule has 0 amide bonds. The first-order valence-corrected chi connectivity index (χ1v) is 19.1. The molecule has 45 heavy (non-hydrogen) atoms. The lowest BCUT2D eigenvalue weighted by Gasteiger charge is -2.15. The Hall–Kier alpha value is -4.87. The van der Waals surface area contributed by atoms with Crippen molar-refractivity contribution >= 4 is 35.1 Å². The van der Waals surface area contributed by atoms with Crippen molar-refractivity contribution in [2.24, 2.45) is 7.05 Å². The second-order valence-electron chi connectivity index (χ2n) is 13.3. The summed E-state index contributed by atoms with van der Waals surface area (Å²) in [5.74, 6) is 0.772. The van der Waals surface area contributed by atoms with E-state index in [1.807, 2.05) is 12.4 Å². The minimum absolute atomic E-state index is 0.772. The summed E-state index contributed by atoms with van der Waals surface area (Å²) in [6.07, 6.45) is 6.29. The largest absolute Gasteiger partial charge is 0.309 e. The molecule has 4 nitrogen and oxygen atoms in total. The summed E-state index contributed by atoms with van der Waals surface area (Å²) in [5.41, 5.74) is 13.4. The predicted molar refractivity (Wildman–Crippen MR) is 191 cm³/mol. The fourth-order valence-corrected chi connectivity index (χ4v) is 7.29. The van der Waals surface area contributed by atoms with Gasteiger partial charge in [-0.25, -0.2) is 14.5 Å². The molecule has 0 bridgehead atoms. The van der Waals surface area contributed by atoms with Crippen LogP contribution < -0.4 is 9.75 Å². The van der Waals surface area contributed by atoms with Crippen LogP contribution in [0.5, 0.6) is 0 Å². The van der Waals surface area contributed by atoms with E-state index in [0.717, 1.165) is 17.1 Å². The van der Waals surface area contributed by atoms with Crippen LogP contribution in [0.2, 0.25) is 19.6 Å². The fraction of sp³-hybridized carbons (Fsp3) is 0.175. The summed E-state index contributed by atoms with van der Waals surface area (Å²) in [6, 6.07) is 33.2. The van der Waals surface area contributed by atoms with Crippen LogP contribution in [0.15, 0.2) is 110 Å². The number of hydrogen-bond donors (Lipinski definition) is 0. The maximum atomic E-state index is 4.67. The fourth-order valence-electron chi connectivity index (χ4n) is 6.39. The number of fused-ring (bicyclic) bond motifs is 3. The Morgan fingerprint density at radius 1 is 0.667 bits per heavy atom. The lowest BCUT2D eigenvalue weighted by atomic mass is 9.97. The van der Waals surface area contributed by atoms with E-state index in [9.17, 15) is 0 Å². The van der Waals surface area contributed by atoms with Gasteiger partial charge in [0.2, 0.25) is 5.69 Å². The predicted octanol–water partition coefficient (Wildman–Crippen LogP) is 8.87. The summed E-state index contributed by atoms with van der Waals surface area (Å²) in [6.45, 7) is 13.6. The van der Waals surface area contributed by atoms with E-state index >= 15 is 0 Å². The Morgan fingerprint density at radius 3 is 1.96 bits per heavy atom. The smallest absolute Gasteiger partial charge is 0.214 e. The highest BCUT2D eigenvalue weighted by molar-refractivity contribution is 6.88. The Morgan fingerprint density at radius 2 is 1.29 bits per heavy atom. The summed E-state index contributed by atoms with van der Waals surface area (Å²) < 4.78 is 4.68. The van der Waals surface area contributed by atoms with Gasteiger partial charge in [-0.15, -0.1) is 0 Å². The van der Waals surface area contributed by atoms with Gasteiger partial charge in [0.15, 0.2) is 12.0 Å². The zero-order valence-corrected chi connectivity index (χ0v) is 28.2. The van der Waals surface area contributed by atoms with Crippen molar-refractivity contribution < 1.29 is 4.57 Å². The van der Waals surface area contributed by atoms with Crippen LogP contribution in [0.4, 0.5) is 0 Å². The molecule has 0 aliphatic heterocycles. The SMILES string of the molecule is Cc1cc(C)c(C)c(-c2cc3c(c[n+]2C)c2ccccc2n3-c2ccc(-c3ccc(-c4ncc([Si](C)(C)C)cn4)cc3)cc2)c1. The number of nitrogens with zero attached hydrogens (tertiary/aromatic N) is 4. The maximum absolute atomic E-state index is 4.67. The Bertz CT molecular complexity index is 2200. The van der Waals surface area contributed by atoms with Crippen molar-refractivity contribution in [2.75, 3.05) is 0 Å². The molecule has 3 aromatic heterocycles. The number of rotatable bonds is 5. The molecule has 0 N–H and O–H groups in total. The summed E-state index contributed by atoms with van der Waals surface area (Å²) in [4.78, 5) is 9.34. The number of aromatic nitrogens is 4. The second-order valence-corrected chi connectivity index (χ2v) is 18.4. The van der Waals surface area contributed by atoms with Gasteiger partial charge < -0.3 is 4.57 Å². The summed E-state index contributed by atoms with van der Waals surface area (Å²) in [7, 11) is 0.738. The van der Waals surface area contributed by atoms with E-state index in [4.69, 9.17) is 0 Å². The molecule has 0 unspecified atom stereocenters. The highest BCUT2D eigenvalue weighted by Gasteiger charge is 2.21. The van der Waals surface area contributed by atoms with E-state index in [0.29, 0.717) is 0 Å². The molecule has 4 aromatic carbocycles. The van der Waals surface area contributed by atoms with Gasteiger partial charge in [0.1, 0.15) is 7.05 Å². The minimum atomic E-state index is -1.42. The topological polar surface area (TPSA) is 34.6 Å². The van der Waals surface area contributed by atoms with Crippen LogP contribution in [0.3, 0.4) is 0 Å². The lowest BCUT2D eigenvalue weighted by molar-refractivity contribution is -0.659. The van der Waals surface area contributed by atoms with E-state index in [2.05, 4.69) is 164 Å². The molecule has 0 aliphatic carbocycles. The Kier molecular flexibility index (Phi) is 7.01. The molecule has 3 heterocycles. The van der Waals surface area contributed by atoms with Crippen LogP contribution >= 0.6 is 0 Å². The zero-order valence-electron chi connectivity index (χ0n) is 27.2. The average Bonchev–Trinajstić information content (AvgIpc) is 3.35. The zero-order chi connectivity index (χ0) is 31.5. The van der Waals surface area contributed by atoms with Crippen molar-refractivity contribution in [3.63, 3.8) is 0 Å². The van der Waals surface area contributed by atoms with Gasteiger partial charge >= 0.3 is 0 Å². The first-order chi connectivity index (χ1) is 21.6. The van der Waals surface area contributed by atoms with Crippen molar-refractivity contribution in [2.45, 2.75) is 40.4 Å². The Labute approximate surface area is 266 Å². The summed E-state index contributed by atoms with van der Waals surface area (Å²) in [5, 5.41) is 3.78. The van der Waals surface area contributed by atoms with Crippen LogP contribution in [-0.2, 0) is 7.05 Å². The number of benzene rings is 4. The van der Waals surface area contributed by atoms with E-state index in [1.165, 1.54) is 66.1 Å². The van der Waals surface area contributed by atoms with Crippen molar-refractivity contribution in [3.8, 4) is 39.5 Å². The third-order valence-corrected chi connectivity index (χ3v) is 11.1. The van der Waals surface area contributed by atoms with Gasteiger partial charge in [-0.05, 0) is 72.5 Å². The van der Waals surface area contributed by atoms with Gasteiger partial charge in [-0.3, -0.25) is 0 Å². The molecule has 0 atom stereocenters. The van der Waals surface area contributed by atoms with Gasteiger partial charge in [0, 0.05) is 40.7 Å². The highest BCUT2D eigenvalue weighted by atomic mass is 28.3. The van der Waals surface area contributed by atoms with Crippen LogP contribution in [-0.4, -0.2) is 22.6 Å². The quantitative estimate of drug-likeness (QED) is 0.145. The third-order valence-electron chi connectivity index (χ3n) is 9.14. The van der Waals surface area contributed by atoms with Gasteiger partial charge in [0.25, 0.3) is 0 Å². The molecule has 0 spiro atoms. The Balaban J connectivity index is 1.28.